The Morgan fingerprint density at radius 1 is 1.05 bits per heavy atom. The van der Waals surface area contributed by atoms with Crippen molar-refractivity contribution >= 4 is 11.9 Å². The summed E-state index contributed by atoms with van der Waals surface area (Å²) < 4.78 is 0. The van der Waals surface area contributed by atoms with E-state index in [2.05, 4.69) is 15.5 Å². The number of hydrogen-bond donors (Lipinski definition) is 2. The Morgan fingerprint density at radius 2 is 1.73 bits per heavy atom. The van der Waals surface area contributed by atoms with Gasteiger partial charge in [0.15, 0.2) is 0 Å². The Hall–Kier alpha value is -1.30. The van der Waals surface area contributed by atoms with Crippen molar-refractivity contribution in [2.24, 2.45) is 0 Å². The second-order valence-electron chi connectivity index (χ2n) is 6.40. The van der Waals surface area contributed by atoms with Crippen molar-refractivity contribution in [3.05, 3.63) is 0 Å². The van der Waals surface area contributed by atoms with Gasteiger partial charge in [-0.15, -0.1) is 0 Å². The van der Waals surface area contributed by atoms with Crippen LogP contribution in [0.1, 0.15) is 45.4 Å². The molecule has 0 spiro atoms. The highest BCUT2D eigenvalue weighted by molar-refractivity contribution is 5.75. The van der Waals surface area contributed by atoms with E-state index in [1.54, 1.807) is 11.8 Å². The fourth-order valence-corrected chi connectivity index (χ4v) is 2.79. The van der Waals surface area contributed by atoms with Gasteiger partial charge >= 0.3 is 6.03 Å². The molecule has 0 aliphatic heterocycles. The monoisotopic (exact) mass is 312 g/mol. The second kappa shape index (κ2) is 10.4. The van der Waals surface area contributed by atoms with Crippen LogP contribution in [0.2, 0.25) is 0 Å². The first-order chi connectivity index (χ1) is 10.5. The van der Waals surface area contributed by atoms with Crippen molar-refractivity contribution in [3.8, 4) is 0 Å². The van der Waals surface area contributed by atoms with E-state index in [0.717, 1.165) is 32.4 Å². The van der Waals surface area contributed by atoms with E-state index < -0.39 is 0 Å². The predicted molar refractivity (Wildman–Crippen MR) is 88.8 cm³/mol. The van der Waals surface area contributed by atoms with Crippen molar-refractivity contribution < 1.29 is 9.59 Å². The highest BCUT2D eigenvalue weighted by atomic mass is 16.2. The third-order valence-electron chi connectivity index (χ3n) is 4.09. The Labute approximate surface area is 134 Å². The summed E-state index contributed by atoms with van der Waals surface area (Å²) >= 11 is 0. The number of amides is 3. The standard InChI is InChI=1S/C16H32N4O2/c1-14(21)20(12-7-11-19(2)3)13-10-17-16(22)18-15-8-5-4-6-9-15/h15H,4-13H2,1-3H3,(H2,17,18,22). The summed E-state index contributed by atoms with van der Waals surface area (Å²) in [6.07, 6.45) is 6.79. The zero-order valence-corrected chi connectivity index (χ0v) is 14.4. The summed E-state index contributed by atoms with van der Waals surface area (Å²) in [5, 5.41) is 5.88. The van der Waals surface area contributed by atoms with Crippen LogP contribution < -0.4 is 10.6 Å². The fraction of sp³-hybridized carbons (Fsp3) is 0.875. The summed E-state index contributed by atoms with van der Waals surface area (Å²) in [6.45, 7) is 4.34. The summed E-state index contributed by atoms with van der Waals surface area (Å²) in [5.41, 5.74) is 0. The minimum atomic E-state index is -0.108. The third-order valence-corrected chi connectivity index (χ3v) is 4.09. The summed E-state index contributed by atoms with van der Waals surface area (Å²) in [6, 6.07) is 0.210. The van der Waals surface area contributed by atoms with E-state index in [-0.39, 0.29) is 11.9 Å². The van der Waals surface area contributed by atoms with Crippen LogP contribution in [0, 0.1) is 0 Å². The van der Waals surface area contributed by atoms with Gasteiger partial charge in [0, 0.05) is 32.6 Å². The topological polar surface area (TPSA) is 64.7 Å². The van der Waals surface area contributed by atoms with Crippen LogP contribution in [0.15, 0.2) is 0 Å². The molecule has 22 heavy (non-hydrogen) atoms. The maximum Gasteiger partial charge on any atom is 0.315 e. The molecule has 1 aliphatic carbocycles. The Balaban J connectivity index is 2.18. The summed E-state index contributed by atoms with van der Waals surface area (Å²) in [7, 11) is 4.05. The molecule has 6 heteroatoms. The number of carbonyl (C=O) groups is 2. The molecular formula is C16H32N4O2. The zero-order chi connectivity index (χ0) is 16.4. The van der Waals surface area contributed by atoms with Gasteiger partial charge in [-0.25, -0.2) is 4.79 Å². The van der Waals surface area contributed by atoms with Gasteiger partial charge < -0.3 is 20.4 Å². The molecule has 0 radical (unpaired) electrons. The third kappa shape index (κ3) is 8.22. The van der Waals surface area contributed by atoms with E-state index in [1.807, 2.05) is 14.1 Å². The van der Waals surface area contributed by atoms with Crippen LogP contribution in [-0.4, -0.2) is 68.1 Å². The molecule has 1 fully saturated rings. The van der Waals surface area contributed by atoms with Gasteiger partial charge in [0.1, 0.15) is 0 Å². The van der Waals surface area contributed by atoms with Gasteiger partial charge in [0.05, 0.1) is 0 Å². The quantitative estimate of drug-likeness (QED) is 0.712. The summed E-state index contributed by atoms with van der Waals surface area (Å²) in [4.78, 5) is 27.3. The van der Waals surface area contributed by atoms with Crippen molar-refractivity contribution in [1.82, 2.24) is 20.4 Å². The molecule has 6 nitrogen and oxygen atoms in total. The van der Waals surface area contributed by atoms with Crippen LogP contribution in [0.5, 0.6) is 0 Å². The molecule has 0 aromatic rings. The van der Waals surface area contributed by atoms with E-state index in [0.29, 0.717) is 19.1 Å². The number of carbonyl (C=O) groups excluding carboxylic acids is 2. The van der Waals surface area contributed by atoms with Crippen LogP contribution in [0.4, 0.5) is 4.79 Å². The maximum absolute atomic E-state index is 11.8. The minimum absolute atomic E-state index is 0.0632. The van der Waals surface area contributed by atoms with Gasteiger partial charge in [-0.1, -0.05) is 19.3 Å². The van der Waals surface area contributed by atoms with E-state index in [1.165, 1.54) is 19.3 Å². The Morgan fingerprint density at radius 3 is 2.32 bits per heavy atom. The maximum atomic E-state index is 11.8. The SMILES string of the molecule is CC(=O)N(CCCN(C)C)CCNC(=O)NC1CCCCC1. The van der Waals surface area contributed by atoms with Crippen molar-refractivity contribution in [3.63, 3.8) is 0 Å². The highest BCUT2D eigenvalue weighted by Gasteiger charge is 2.15. The first-order valence-corrected chi connectivity index (χ1v) is 8.43. The molecule has 0 bridgehead atoms. The van der Waals surface area contributed by atoms with Crippen molar-refractivity contribution in [2.75, 3.05) is 40.3 Å². The Kier molecular flexibility index (Phi) is 8.89. The normalized spacial score (nSPS) is 15.6. The zero-order valence-electron chi connectivity index (χ0n) is 14.4. The van der Waals surface area contributed by atoms with Crippen LogP contribution >= 0.6 is 0 Å². The number of nitrogens with zero attached hydrogens (tertiary/aromatic N) is 2. The molecule has 0 heterocycles. The van der Waals surface area contributed by atoms with Crippen LogP contribution in [0.25, 0.3) is 0 Å². The average Bonchev–Trinajstić information content (AvgIpc) is 2.46. The second-order valence-corrected chi connectivity index (χ2v) is 6.40. The highest BCUT2D eigenvalue weighted by Crippen LogP contribution is 2.17. The minimum Gasteiger partial charge on any atom is -0.341 e. The number of hydrogen-bond acceptors (Lipinski definition) is 3. The van der Waals surface area contributed by atoms with E-state index in [4.69, 9.17) is 0 Å². The smallest absolute Gasteiger partial charge is 0.315 e. The lowest BCUT2D eigenvalue weighted by Crippen LogP contribution is -2.45. The Bertz CT molecular complexity index is 341. The molecule has 0 atom stereocenters. The molecule has 3 amide bonds. The van der Waals surface area contributed by atoms with E-state index in [9.17, 15) is 9.59 Å². The molecule has 1 aliphatic rings. The first-order valence-electron chi connectivity index (χ1n) is 8.43. The van der Waals surface area contributed by atoms with Crippen LogP contribution in [-0.2, 0) is 4.79 Å². The van der Waals surface area contributed by atoms with Gasteiger partial charge in [0.25, 0.3) is 0 Å². The van der Waals surface area contributed by atoms with Gasteiger partial charge in [0.2, 0.25) is 5.91 Å². The summed E-state index contributed by atoms with van der Waals surface area (Å²) in [5.74, 6) is 0.0632. The molecular weight excluding hydrogens is 280 g/mol. The van der Waals surface area contributed by atoms with Gasteiger partial charge in [-0.3, -0.25) is 4.79 Å². The lowest BCUT2D eigenvalue weighted by atomic mass is 9.96. The molecule has 1 rings (SSSR count). The molecule has 0 aromatic heterocycles. The number of rotatable bonds is 8. The lowest BCUT2D eigenvalue weighted by molar-refractivity contribution is -0.128. The molecule has 1 saturated carbocycles. The largest absolute Gasteiger partial charge is 0.341 e. The van der Waals surface area contributed by atoms with Crippen molar-refractivity contribution in [1.29, 1.82) is 0 Å². The van der Waals surface area contributed by atoms with E-state index >= 15 is 0 Å². The first kappa shape index (κ1) is 18.7. The van der Waals surface area contributed by atoms with Crippen molar-refractivity contribution in [2.45, 2.75) is 51.5 Å². The average molecular weight is 312 g/mol. The molecule has 0 saturated heterocycles. The number of nitrogens with one attached hydrogen (secondary N) is 2. The molecule has 0 unspecified atom stereocenters. The lowest BCUT2D eigenvalue weighted by Gasteiger charge is -2.24. The van der Waals surface area contributed by atoms with Gasteiger partial charge in [-0.05, 0) is 39.9 Å². The van der Waals surface area contributed by atoms with Gasteiger partial charge in [-0.2, -0.15) is 0 Å². The fourth-order valence-electron chi connectivity index (χ4n) is 2.79. The molecule has 128 valence electrons. The molecule has 2 N–H and O–H groups in total. The predicted octanol–water partition coefficient (Wildman–Crippen LogP) is 1.42. The van der Waals surface area contributed by atoms with Crippen LogP contribution in [0.3, 0.4) is 0 Å². The number of urea groups is 1. The molecule has 0 aromatic carbocycles.